The van der Waals surface area contributed by atoms with E-state index in [1.54, 1.807) is 11.3 Å². The fourth-order valence-electron chi connectivity index (χ4n) is 1.71. The van der Waals surface area contributed by atoms with Gasteiger partial charge in [-0.2, -0.15) is 0 Å². The standard InChI is InChI=1S/C13H17NO2S2/c1-3-13(16,4-2)8-14-12(15)11-7-10-9(18-11)5-6-17-10/h5-7,16H,3-4,8H2,1-2H3,(H,14,15). The molecule has 0 fully saturated rings. The van der Waals surface area contributed by atoms with Gasteiger partial charge in [-0.15, -0.1) is 22.7 Å². The van der Waals surface area contributed by atoms with Gasteiger partial charge in [-0.1, -0.05) is 13.8 Å². The van der Waals surface area contributed by atoms with E-state index in [0.717, 1.165) is 9.40 Å². The van der Waals surface area contributed by atoms with Crippen molar-refractivity contribution < 1.29 is 9.90 Å². The maximum atomic E-state index is 12.0. The number of carbonyl (C=O) groups excluding carboxylic acids is 1. The third-order valence-electron chi connectivity index (χ3n) is 3.26. The monoisotopic (exact) mass is 283 g/mol. The Bertz CT molecular complexity index is 511. The van der Waals surface area contributed by atoms with Crippen LogP contribution in [-0.4, -0.2) is 23.2 Å². The highest BCUT2D eigenvalue weighted by Crippen LogP contribution is 2.29. The lowest BCUT2D eigenvalue weighted by Gasteiger charge is -2.25. The van der Waals surface area contributed by atoms with Crippen LogP contribution in [0.2, 0.25) is 0 Å². The average Bonchev–Trinajstić information content (AvgIpc) is 2.96. The fraction of sp³-hybridized carbons (Fsp3) is 0.462. The van der Waals surface area contributed by atoms with Crippen molar-refractivity contribution in [1.29, 1.82) is 0 Å². The zero-order valence-electron chi connectivity index (χ0n) is 10.5. The van der Waals surface area contributed by atoms with Crippen LogP contribution in [0.25, 0.3) is 9.40 Å². The lowest BCUT2D eigenvalue weighted by atomic mass is 9.98. The van der Waals surface area contributed by atoms with Gasteiger partial charge in [0.05, 0.1) is 10.5 Å². The molecule has 0 aliphatic rings. The number of nitrogens with one attached hydrogen (secondary N) is 1. The van der Waals surface area contributed by atoms with Crippen molar-refractivity contribution in [2.45, 2.75) is 32.3 Å². The molecule has 0 saturated heterocycles. The summed E-state index contributed by atoms with van der Waals surface area (Å²) in [5, 5.41) is 15.0. The first-order chi connectivity index (χ1) is 8.58. The summed E-state index contributed by atoms with van der Waals surface area (Å²) in [6, 6.07) is 3.94. The van der Waals surface area contributed by atoms with Crippen LogP contribution in [0.5, 0.6) is 0 Å². The zero-order valence-corrected chi connectivity index (χ0v) is 12.2. The number of amides is 1. The summed E-state index contributed by atoms with van der Waals surface area (Å²) in [6.07, 6.45) is 1.28. The first-order valence-electron chi connectivity index (χ1n) is 6.05. The minimum atomic E-state index is -0.787. The molecule has 0 radical (unpaired) electrons. The van der Waals surface area contributed by atoms with Crippen molar-refractivity contribution in [3.63, 3.8) is 0 Å². The van der Waals surface area contributed by atoms with Gasteiger partial charge in [-0.25, -0.2) is 0 Å². The molecule has 0 spiro atoms. The highest BCUT2D eigenvalue weighted by Gasteiger charge is 2.23. The maximum absolute atomic E-state index is 12.0. The maximum Gasteiger partial charge on any atom is 0.261 e. The molecule has 3 nitrogen and oxygen atoms in total. The molecular weight excluding hydrogens is 266 g/mol. The van der Waals surface area contributed by atoms with Crippen molar-refractivity contribution >= 4 is 38.0 Å². The molecule has 5 heteroatoms. The number of rotatable bonds is 5. The lowest BCUT2D eigenvalue weighted by Crippen LogP contribution is -2.41. The number of fused-ring (bicyclic) bond motifs is 1. The number of aliphatic hydroxyl groups is 1. The Morgan fingerprint density at radius 2 is 2.11 bits per heavy atom. The second-order valence-corrected chi connectivity index (χ2v) is 6.41. The Morgan fingerprint density at radius 3 is 2.72 bits per heavy atom. The Hall–Kier alpha value is -0.910. The third-order valence-corrected chi connectivity index (χ3v) is 5.35. The number of hydrogen-bond donors (Lipinski definition) is 2. The van der Waals surface area contributed by atoms with Gasteiger partial charge in [0.15, 0.2) is 0 Å². The van der Waals surface area contributed by atoms with Crippen molar-refractivity contribution in [3.8, 4) is 0 Å². The van der Waals surface area contributed by atoms with Gasteiger partial charge in [0.2, 0.25) is 0 Å². The normalized spacial score (nSPS) is 11.9. The van der Waals surface area contributed by atoms with E-state index in [2.05, 4.69) is 5.32 Å². The van der Waals surface area contributed by atoms with Crippen LogP contribution in [0.15, 0.2) is 17.5 Å². The van der Waals surface area contributed by atoms with Crippen LogP contribution in [0.4, 0.5) is 0 Å². The van der Waals surface area contributed by atoms with Crippen LogP contribution in [0.1, 0.15) is 36.4 Å². The molecule has 0 saturated carbocycles. The third kappa shape index (κ3) is 2.74. The fourth-order valence-corrected chi connectivity index (χ4v) is 3.73. The molecule has 98 valence electrons. The van der Waals surface area contributed by atoms with Gasteiger partial charge in [0.1, 0.15) is 0 Å². The Balaban J connectivity index is 2.02. The summed E-state index contributed by atoms with van der Waals surface area (Å²) in [7, 11) is 0. The molecule has 2 heterocycles. The van der Waals surface area contributed by atoms with E-state index < -0.39 is 5.60 Å². The quantitative estimate of drug-likeness (QED) is 0.885. The van der Waals surface area contributed by atoms with Crippen LogP contribution >= 0.6 is 22.7 Å². The van der Waals surface area contributed by atoms with E-state index in [0.29, 0.717) is 24.3 Å². The smallest absolute Gasteiger partial charge is 0.261 e. The van der Waals surface area contributed by atoms with Crippen LogP contribution in [0.3, 0.4) is 0 Å². The first-order valence-corrected chi connectivity index (χ1v) is 7.75. The van der Waals surface area contributed by atoms with Gasteiger partial charge >= 0.3 is 0 Å². The molecule has 1 amide bonds. The minimum absolute atomic E-state index is 0.0938. The van der Waals surface area contributed by atoms with Gasteiger partial charge < -0.3 is 10.4 Å². The van der Waals surface area contributed by atoms with Crippen molar-refractivity contribution in [2.75, 3.05) is 6.54 Å². The number of carbonyl (C=O) groups is 1. The topological polar surface area (TPSA) is 49.3 Å². The molecule has 2 N–H and O–H groups in total. The molecule has 2 rings (SSSR count). The minimum Gasteiger partial charge on any atom is -0.388 e. The van der Waals surface area contributed by atoms with E-state index in [1.807, 2.05) is 31.4 Å². The molecule has 2 aromatic heterocycles. The van der Waals surface area contributed by atoms with E-state index in [4.69, 9.17) is 0 Å². The molecule has 0 bridgehead atoms. The molecule has 2 aromatic rings. The summed E-state index contributed by atoms with van der Waals surface area (Å²) in [6.45, 7) is 4.16. The summed E-state index contributed by atoms with van der Waals surface area (Å²) in [5.41, 5.74) is -0.787. The summed E-state index contributed by atoms with van der Waals surface area (Å²) in [4.78, 5) is 12.7. The Kier molecular flexibility index (Phi) is 4.04. The van der Waals surface area contributed by atoms with Crippen LogP contribution in [-0.2, 0) is 0 Å². The molecule has 0 aliphatic heterocycles. The molecule has 18 heavy (non-hydrogen) atoms. The molecule has 0 unspecified atom stereocenters. The number of thiophene rings is 2. The van der Waals surface area contributed by atoms with Gasteiger partial charge in [0.25, 0.3) is 5.91 Å². The SMILES string of the molecule is CCC(O)(CC)CNC(=O)c1cc2sccc2s1. The molecule has 0 aliphatic carbocycles. The second-order valence-electron chi connectivity index (χ2n) is 4.37. The predicted octanol–water partition coefficient (Wildman–Crippen LogP) is 3.24. The van der Waals surface area contributed by atoms with Gasteiger partial charge in [-0.05, 0) is 30.4 Å². The van der Waals surface area contributed by atoms with E-state index >= 15 is 0 Å². The van der Waals surface area contributed by atoms with Crippen molar-refractivity contribution in [1.82, 2.24) is 5.32 Å². The first kappa shape index (κ1) is 13.5. The zero-order chi connectivity index (χ0) is 13.2. The van der Waals surface area contributed by atoms with Gasteiger partial charge in [-0.3, -0.25) is 4.79 Å². The highest BCUT2D eigenvalue weighted by molar-refractivity contribution is 7.27. The van der Waals surface area contributed by atoms with Crippen molar-refractivity contribution in [2.24, 2.45) is 0 Å². The van der Waals surface area contributed by atoms with Gasteiger partial charge in [0, 0.05) is 15.9 Å². The van der Waals surface area contributed by atoms with E-state index in [-0.39, 0.29) is 5.91 Å². The highest BCUT2D eigenvalue weighted by atomic mass is 32.1. The molecule has 0 aromatic carbocycles. The molecular formula is C13H17NO2S2. The van der Waals surface area contributed by atoms with E-state index in [9.17, 15) is 9.90 Å². The second kappa shape index (κ2) is 5.38. The number of hydrogen-bond acceptors (Lipinski definition) is 4. The Labute approximate surface area is 114 Å². The average molecular weight is 283 g/mol. The summed E-state index contributed by atoms with van der Waals surface area (Å²) in [5.74, 6) is -0.0938. The molecule has 0 atom stereocenters. The van der Waals surface area contributed by atoms with Crippen LogP contribution < -0.4 is 5.32 Å². The van der Waals surface area contributed by atoms with Crippen LogP contribution in [0, 0.1) is 0 Å². The summed E-state index contributed by atoms with van der Waals surface area (Å²) < 4.78 is 2.29. The summed E-state index contributed by atoms with van der Waals surface area (Å²) >= 11 is 3.13. The van der Waals surface area contributed by atoms with E-state index in [1.165, 1.54) is 11.3 Å². The Morgan fingerprint density at radius 1 is 1.39 bits per heavy atom. The van der Waals surface area contributed by atoms with Crippen molar-refractivity contribution in [3.05, 3.63) is 22.4 Å². The lowest BCUT2D eigenvalue weighted by molar-refractivity contribution is 0.0314. The predicted molar refractivity (Wildman–Crippen MR) is 77.6 cm³/mol. The largest absolute Gasteiger partial charge is 0.388 e.